The van der Waals surface area contributed by atoms with Gasteiger partial charge in [0, 0.05) is 29.3 Å². The van der Waals surface area contributed by atoms with E-state index in [1.165, 1.54) is 30.3 Å². The largest absolute Gasteiger partial charge is 0.378 e. The molecule has 1 aromatic heterocycles. The van der Waals surface area contributed by atoms with Crippen molar-refractivity contribution in [3.8, 4) is 5.69 Å². The van der Waals surface area contributed by atoms with E-state index >= 15 is 0 Å². The summed E-state index contributed by atoms with van der Waals surface area (Å²) < 4.78 is 38.7. The van der Waals surface area contributed by atoms with E-state index in [1.54, 1.807) is 23.0 Å². The molecule has 0 aliphatic rings. The number of nitro groups is 1. The van der Waals surface area contributed by atoms with Crippen molar-refractivity contribution in [2.75, 3.05) is 11.6 Å². The second-order valence-corrected chi connectivity index (χ2v) is 8.64. The van der Waals surface area contributed by atoms with Crippen molar-refractivity contribution in [3.05, 3.63) is 75.9 Å². The van der Waals surface area contributed by atoms with Gasteiger partial charge in [0.25, 0.3) is 5.69 Å². The number of sulfone groups is 1. The van der Waals surface area contributed by atoms with Crippen LogP contribution in [0.15, 0.2) is 53.6 Å². The maximum atomic E-state index is 13.1. The molecule has 0 radical (unpaired) electrons. The van der Waals surface area contributed by atoms with Gasteiger partial charge in [0.05, 0.1) is 22.8 Å². The van der Waals surface area contributed by atoms with Crippen molar-refractivity contribution in [2.24, 2.45) is 0 Å². The SMILES string of the molecule is Cc1c(C(C)Nc2ccc([N+](=O)[O-])c(S(C)(=O)=O)c2)cnn1-c1ccc(F)cc1. The Labute approximate surface area is 167 Å². The summed E-state index contributed by atoms with van der Waals surface area (Å²) in [6.45, 7) is 3.72. The van der Waals surface area contributed by atoms with Gasteiger partial charge >= 0.3 is 0 Å². The first-order chi connectivity index (χ1) is 13.6. The number of nitrogens with one attached hydrogen (secondary N) is 1. The number of hydrogen-bond acceptors (Lipinski definition) is 6. The Hall–Kier alpha value is -3.27. The summed E-state index contributed by atoms with van der Waals surface area (Å²) in [5.41, 5.74) is 2.33. The number of benzene rings is 2. The molecule has 152 valence electrons. The zero-order chi connectivity index (χ0) is 21.3. The van der Waals surface area contributed by atoms with Crippen LogP contribution in [0, 0.1) is 22.9 Å². The molecule has 0 saturated carbocycles. The summed E-state index contributed by atoms with van der Waals surface area (Å²) in [7, 11) is -3.77. The number of nitrogens with zero attached hydrogens (tertiary/aromatic N) is 3. The highest BCUT2D eigenvalue weighted by Gasteiger charge is 2.23. The van der Waals surface area contributed by atoms with E-state index in [0.29, 0.717) is 11.4 Å². The molecular weight excluding hydrogens is 399 g/mol. The molecular formula is C19H19FN4O4S. The van der Waals surface area contributed by atoms with Crippen molar-refractivity contribution in [3.63, 3.8) is 0 Å². The van der Waals surface area contributed by atoms with E-state index in [4.69, 9.17) is 0 Å². The Kier molecular flexibility index (Phi) is 5.38. The van der Waals surface area contributed by atoms with Gasteiger partial charge in [-0.05, 0) is 50.2 Å². The van der Waals surface area contributed by atoms with Crippen molar-refractivity contribution >= 4 is 21.2 Å². The van der Waals surface area contributed by atoms with Crippen LogP contribution in [-0.2, 0) is 9.84 Å². The van der Waals surface area contributed by atoms with Crippen LogP contribution in [0.1, 0.15) is 24.2 Å². The Morgan fingerprint density at radius 1 is 1.21 bits per heavy atom. The maximum Gasteiger partial charge on any atom is 0.288 e. The molecule has 0 saturated heterocycles. The van der Waals surface area contributed by atoms with Crippen LogP contribution < -0.4 is 5.32 Å². The molecule has 1 N–H and O–H groups in total. The summed E-state index contributed by atoms with van der Waals surface area (Å²) in [4.78, 5) is 10.0. The summed E-state index contributed by atoms with van der Waals surface area (Å²) in [6.07, 6.45) is 2.60. The van der Waals surface area contributed by atoms with E-state index in [-0.39, 0.29) is 16.8 Å². The van der Waals surface area contributed by atoms with Crippen molar-refractivity contribution in [2.45, 2.75) is 24.8 Å². The number of rotatable bonds is 6. The predicted molar refractivity (Wildman–Crippen MR) is 107 cm³/mol. The molecule has 29 heavy (non-hydrogen) atoms. The fraction of sp³-hybridized carbons (Fsp3) is 0.211. The zero-order valence-electron chi connectivity index (χ0n) is 16.0. The quantitative estimate of drug-likeness (QED) is 0.482. The Morgan fingerprint density at radius 2 is 1.86 bits per heavy atom. The standard InChI is InChI=1S/C19H19FN4O4S/c1-12(17-11-21-23(13(17)2)16-7-4-14(20)5-8-16)22-15-6-9-18(24(25)26)19(10-15)29(3,27)28/h4-12,22H,1-3H3. The van der Waals surface area contributed by atoms with E-state index in [9.17, 15) is 22.9 Å². The van der Waals surface area contributed by atoms with Gasteiger partial charge < -0.3 is 5.32 Å². The van der Waals surface area contributed by atoms with Crippen LogP contribution in [0.4, 0.5) is 15.8 Å². The Balaban J connectivity index is 1.90. The molecule has 1 heterocycles. The highest BCUT2D eigenvalue weighted by molar-refractivity contribution is 7.90. The number of halogens is 1. The average Bonchev–Trinajstić information content (AvgIpc) is 3.03. The van der Waals surface area contributed by atoms with Crippen LogP contribution >= 0.6 is 0 Å². The minimum absolute atomic E-state index is 0.266. The van der Waals surface area contributed by atoms with Crippen molar-refractivity contribution < 1.29 is 17.7 Å². The smallest absolute Gasteiger partial charge is 0.288 e. The second-order valence-electron chi connectivity index (χ2n) is 6.65. The summed E-state index contributed by atoms with van der Waals surface area (Å²) in [5.74, 6) is -0.339. The zero-order valence-corrected chi connectivity index (χ0v) is 16.8. The van der Waals surface area contributed by atoms with E-state index in [2.05, 4.69) is 10.4 Å². The molecule has 0 bridgehead atoms. The minimum Gasteiger partial charge on any atom is -0.378 e. The molecule has 0 amide bonds. The summed E-state index contributed by atoms with van der Waals surface area (Å²) >= 11 is 0. The third kappa shape index (κ3) is 4.27. The number of nitro benzene ring substituents is 1. The van der Waals surface area contributed by atoms with Crippen LogP contribution in [0.5, 0.6) is 0 Å². The maximum absolute atomic E-state index is 13.1. The van der Waals surface area contributed by atoms with Gasteiger partial charge in [-0.3, -0.25) is 10.1 Å². The van der Waals surface area contributed by atoms with Crippen molar-refractivity contribution in [1.29, 1.82) is 0 Å². The monoisotopic (exact) mass is 418 g/mol. The van der Waals surface area contributed by atoms with Gasteiger partial charge in [-0.15, -0.1) is 0 Å². The van der Waals surface area contributed by atoms with Gasteiger partial charge in [-0.1, -0.05) is 0 Å². The fourth-order valence-corrected chi connectivity index (χ4v) is 3.93. The van der Waals surface area contributed by atoms with Gasteiger partial charge in [-0.25, -0.2) is 17.5 Å². The highest BCUT2D eigenvalue weighted by atomic mass is 32.2. The van der Waals surface area contributed by atoms with Gasteiger partial charge in [0.15, 0.2) is 9.84 Å². The highest BCUT2D eigenvalue weighted by Crippen LogP contribution is 2.30. The molecule has 10 heteroatoms. The Bertz CT molecular complexity index is 1170. The molecule has 8 nitrogen and oxygen atoms in total. The molecule has 0 aliphatic carbocycles. The molecule has 3 aromatic rings. The average molecular weight is 418 g/mol. The lowest BCUT2D eigenvalue weighted by molar-refractivity contribution is -0.387. The van der Waals surface area contributed by atoms with E-state index in [0.717, 1.165) is 17.5 Å². The lowest BCUT2D eigenvalue weighted by Gasteiger charge is -2.16. The van der Waals surface area contributed by atoms with Crippen LogP contribution in [-0.4, -0.2) is 29.4 Å². The topological polar surface area (TPSA) is 107 Å². The van der Waals surface area contributed by atoms with E-state index in [1.807, 2.05) is 13.8 Å². The molecule has 0 aliphatic heterocycles. The molecule has 3 rings (SSSR count). The first-order valence-corrected chi connectivity index (χ1v) is 10.5. The molecule has 0 spiro atoms. The fourth-order valence-electron chi connectivity index (χ4n) is 3.07. The van der Waals surface area contributed by atoms with Crippen LogP contribution in [0.2, 0.25) is 0 Å². The summed E-state index contributed by atoms with van der Waals surface area (Å²) in [5, 5.41) is 18.6. The molecule has 1 unspecified atom stereocenters. The summed E-state index contributed by atoms with van der Waals surface area (Å²) in [6, 6.07) is 9.55. The lowest BCUT2D eigenvalue weighted by atomic mass is 10.1. The van der Waals surface area contributed by atoms with Gasteiger partial charge in [-0.2, -0.15) is 5.10 Å². The van der Waals surface area contributed by atoms with Crippen LogP contribution in [0.3, 0.4) is 0 Å². The molecule has 2 aromatic carbocycles. The van der Waals surface area contributed by atoms with Gasteiger partial charge in [0.2, 0.25) is 0 Å². The molecule has 1 atom stereocenters. The van der Waals surface area contributed by atoms with Crippen molar-refractivity contribution in [1.82, 2.24) is 9.78 Å². The third-order valence-electron chi connectivity index (χ3n) is 4.52. The first kappa shape index (κ1) is 20.5. The van der Waals surface area contributed by atoms with Crippen LogP contribution in [0.25, 0.3) is 5.69 Å². The second kappa shape index (κ2) is 7.63. The minimum atomic E-state index is -3.77. The number of hydrogen-bond donors (Lipinski definition) is 1. The molecule has 0 fully saturated rings. The van der Waals surface area contributed by atoms with Gasteiger partial charge in [0.1, 0.15) is 10.7 Å². The lowest BCUT2D eigenvalue weighted by Crippen LogP contribution is -2.10. The normalized spacial score (nSPS) is 12.6. The Morgan fingerprint density at radius 3 is 2.45 bits per heavy atom. The third-order valence-corrected chi connectivity index (χ3v) is 5.65. The number of anilines is 1. The van der Waals surface area contributed by atoms with E-state index < -0.39 is 20.4 Å². The number of aromatic nitrogens is 2. The predicted octanol–water partition coefficient (Wildman–Crippen LogP) is 3.80. The first-order valence-electron chi connectivity index (χ1n) is 8.63.